The molecule has 1 aliphatic rings. The largest absolute Gasteiger partial charge is 0.480 e. The van der Waals surface area contributed by atoms with E-state index in [1.54, 1.807) is 0 Å². The van der Waals surface area contributed by atoms with Gasteiger partial charge < -0.3 is 41.0 Å². The number of ether oxygens (including phenoxy) is 2. The quantitative estimate of drug-likeness (QED) is 0.293. The van der Waals surface area contributed by atoms with Gasteiger partial charge in [-0.05, 0) is 6.92 Å². The number of carboxylic acid groups (broad SMARTS) is 1. The summed E-state index contributed by atoms with van der Waals surface area (Å²) in [5.74, 6) is -1.80. The summed E-state index contributed by atoms with van der Waals surface area (Å²) in [6.07, 6.45) is -6.32. The molecule has 0 aromatic rings. The predicted octanol–water partition coefficient (Wildman–Crippen LogP) is -3.25. The molecule has 0 aliphatic carbocycles. The maximum atomic E-state index is 11.2. The van der Waals surface area contributed by atoms with Crippen molar-refractivity contribution in [2.24, 2.45) is 5.73 Å². The molecule has 10 nitrogen and oxygen atoms in total. The Morgan fingerprint density at radius 1 is 1.36 bits per heavy atom. The number of rotatable bonds is 6. The van der Waals surface area contributed by atoms with Crippen LogP contribution in [0.5, 0.6) is 0 Å². The zero-order chi connectivity index (χ0) is 17.0. The molecule has 0 aromatic heterocycles. The van der Waals surface area contributed by atoms with Crippen molar-refractivity contribution in [1.82, 2.24) is 5.32 Å². The lowest BCUT2D eigenvalue weighted by atomic mass is 9.97. The smallest absolute Gasteiger partial charge is 0.323 e. The summed E-state index contributed by atoms with van der Waals surface area (Å²) in [5.41, 5.74) is 5.42. The van der Waals surface area contributed by atoms with Crippen LogP contribution >= 0.6 is 0 Å². The van der Waals surface area contributed by atoms with E-state index < -0.39 is 61.3 Å². The minimum atomic E-state index is -1.46. The first kappa shape index (κ1) is 18.7. The van der Waals surface area contributed by atoms with E-state index in [-0.39, 0.29) is 0 Å². The van der Waals surface area contributed by atoms with Crippen LogP contribution in [0.4, 0.5) is 0 Å². The van der Waals surface area contributed by atoms with Gasteiger partial charge in [0.05, 0.1) is 12.7 Å². The molecule has 0 saturated carbocycles. The second-order valence-corrected chi connectivity index (χ2v) is 5.14. The van der Waals surface area contributed by atoms with Gasteiger partial charge in [0.1, 0.15) is 30.4 Å². The number of carbonyl (C=O) groups excluding carboxylic acids is 1. The first-order valence-corrected chi connectivity index (χ1v) is 6.72. The highest BCUT2D eigenvalue weighted by Crippen LogP contribution is 2.23. The number of hydrogen-bond acceptors (Lipinski definition) is 8. The van der Waals surface area contributed by atoms with Crippen molar-refractivity contribution >= 4 is 11.9 Å². The molecule has 22 heavy (non-hydrogen) atoms. The molecule has 1 amide bonds. The third-order valence-corrected chi connectivity index (χ3v) is 3.39. The van der Waals surface area contributed by atoms with Crippen molar-refractivity contribution in [2.45, 2.75) is 56.6 Å². The Kier molecular flexibility index (Phi) is 6.66. The standard InChI is InChI=1S/C12H22N2O8/c1-4(7(13)11(19)20)21-12-8(14-5(2)16)10(18)9(17)6(3-15)22-12/h4,6-10,12,15,17-18H,3,13H2,1-2H3,(H,14,16)(H,19,20)/t4-,6?,7+,8?,9+,10-,12+/m1/s1. The zero-order valence-electron chi connectivity index (χ0n) is 12.2. The number of aliphatic hydroxyl groups is 3. The van der Waals surface area contributed by atoms with Crippen LogP contribution < -0.4 is 11.1 Å². The number of carbonyl (C=O) groups is 2. The molecule has 1 saturated heterocycles. The van der Waals surface area contributed by atoms with Crippen molar-refractivity contribution < 1.29 is 39.5 Å². The van der Waals surface area contributed by atoms with Crippen LogP contribution in [-0.4, -0.2) is 81.7 Å². The van der Waals surface area contributed by atoms with Crippen LogP contribution in [-0.2, 0) is 19.1 Å². The number of amides is 1. The molecular formula is C12H22N2O8. The summed E-state index contributed by atoms with van der Waals surface area (Å²) in [4.78, 5) is 22.0. The highest BCUT2D eigenvalue weighted by atomic mass is 16.7. The number of aliphatic carboxylic acids is 1. The van der Waals surface area contributed by atoms with Crippen LogP contribution in [0.3, 0.4) is 0 Å². The van der Waals surface area contributed by atoms with E-state index in [4.69, 9.17) is 25.4 Å². The molecule has 128 valence electrons. The van der Waals surface area contributed by atoms with Gasteiger partial charge in [0.2, 0.25) is 5.91 Å². The summed E-state index contributed by atoms with van der Waals surface area (Å²) >= 11 is 0. The minimum absolute atomic E-state index is 0.508. The maximum Gasteiger partial charge on any atom is 0.323 e. The SMILES string of the molecule is CC(=O)NC1[C@@H](O[C@H](C)[C@H](N)C(=O)O)OC(CO)[C@H](O)[C@@H]1O. The minimum Gasteiger partial charge on any atom is -0.480 e. The van der Waals surface area contributed by atoms with Crippen molar-refractivity contribution in [3.05, 3.63) is 0 Å². The van der Waals surface area contributed by atoms with Gasteiger partial charge in [0.15, 0.2) is 6.29 Å². The van der Waals surface area contributed by atoms with Crippen LogP contribution in [0.1, 0.15) is 13.8 Å². The molecule has 0 spiro atoms. The average molecular weight is 322 g/mol. The van der Waals surface area contributed by atoms with Gasteiger partial charge in [-0.2, -0.15) is 0 Å². The van der Waals surface area contributed by atoms with Gasteiger partial charge in [-0.15, -0.1) is 0 Å². The average Bonchev–Trinajstić information content (AvgIpc) is 2.45. The Bertz CT molecular complexity index is 407. The molecule has 0 bridgehead atoms. The number of aliphatic hydroxyl groups excluding tert-OH is 3. The van der Waals surface area contributed by atoms with Gasteiger partial charge in [-0.1, -0.05) is 0 Å². The number of nitrogens with one attached hydrogen (secondary N) is 1. The van der Waals surface area contributed by atoms with Crippen molar-refractivity contribution in [1.29, 1.82) is 0 Å². The molecule has 2 unspecified atom stereocenters. The van der Waals surface area contributed by atoms with Crippen LogP contribution in [0.2, 0.25) is 0 Å². The van der Waals surface area contributed by atoms with Gasteiger partial charge >= 0.3 is 5.97 Å². The van der Waals surface area contributed by atoms with E-state index in [1.807, 2.05) is 0 Å². The summed E-state index contributed by atoms with van der Waals surface area (Å²) in [5, 5.41) is 40.2. The van der Waals surface area contributed by atoms with E-state index >= 15 is 0 Å². The summed E-state index contributed by atoms with van der Waals surface area (Å²) in [7, 11) is 0. The zero-order valence-corrected chi connectivity index (χ0v) is 12.2. The van der Waals surface area contributed by atoms with Crippen molar-refractivity contribution in [3.8, 4) is 0 Å². The molecular weight excluding hydrogens is 300 g/mol. The number of nitrogens with two attached hydrogens (primary N) is 1. The summed E-state index contributed by atoms with van der Waals surface area (Å²) in [6, 6.07) is -2.49. The van der Waals surface area contributed by atoms with Crippen LogP contribution in [0.25, 0.3) is 0 Å². The number of hydrogen-bond donors (Lipinski definition) is 6. The Morgan fingerprint density at radius 3 is 2.41 bits per heavy atom. The second kappa shape index (κ2) is 7.81. The summed E-state index contributed by atoms with van der Waals surface area (Å²) in [6.45, 7) is 1.99. The Balaban J connectivity index is 2.89. The Labute approximate surface area is 126 Å². The maximum absolute atomic E-state index is 11.2. The first-order chi connectivity index (χ1) is 10.2. The molecule has 7 atom stereocenters. The Hall–Kier alpha value is -1.30. The van der Waals surface area contributed by atoms with Crippen molar-refractivity contribution in [2.75, 3.05) is 6.61 Å². The fourth-order valence-corrected chi connectivity index (χ4v) is 2.08. The molecule has 1 rings (SSSR count). The van der Waals surface area contributed by atoms with Gasteiger partial charge in [-0.25, -0.2) is 0 Å². The van der Waals surface area contributed by atoms with E-state index in [2.05, 4.69) is 5.32 Å². The molecule has 0 aromatic carbocycles. The lowest BCUT2D eigenvalue weighted by molar-refractivity contribution is -0.281. The molecule has 0 radical (unpaired) electrons. The Morgan fingerprint density at radius 2 is 1.95 bits per heavy atom. The van der Waals surface area contributed by atoms with E-state index in [1.165, 1.54) is 13.8 Å². The fourth-order valence-electron chi connectivity index (χ4n) is 2.08. The van der Waals surface area contributed by atoms with Crippen LogP contribution in [0.15, 0.2) is 0 Å². The third-order valence-electron chi connectivity index (χ3n) is 3.39. The van der Waals surface area contributed by atoms with E-state index in [0.29, 0.717) is 0 Å². The monoisotopic (exact) mass is 322 g/mol. The normalized spacial score (nSPS) is 34.7. The first-order valence-electron chi connectivity index (χ1n) is 6.72. The van der Waals surface area contributed by atoms with Gasteiger partial charge in [0, 0.05) is 6.92 Å². The molecule has 1 heterocycles. The van der Waals surface area contributed by atoms with E-state index in [0.717, 1.165) is 0 Å². The molecule has 7 N–H and O–H groups in total. The van der Waals surface area contributed by atoms with Gasteiger partial charge in [-0.3, -0.25) is 9.59 Å². The van der Waals surface area contributed by atoms with Gasteiger partial charge in [0.25, 0.3) is 0 Å². The van der Waals surface area contributed by atoms with E-state index in [9.17, 15) is 19.8 Å². The highest BCUT2D eigenvalue weighted by molar-refractivity contribution is 5.74. The van der Waals surface area contributed by atoms with Crippen molar-refractivity contribution in [3.63, 3.8) is 0 Å². The van der Waals surface area contributed by atoms with Crippen LogP contribution in [0, 0.1) is 0 Å². The lowest BCUT2D eigenvalue weighted by Crippen LogP contribution is -2.65. The lowest BCUT2D eigenvalue weighted by Gasteiger charge is -2.43. The summed E-state index contributed by atoms with van der Waals surface area (Å²) < 4.78 is 10.6. The predicted molar refractivity (Wildman–Crippen MR) is 71.5 cm³/mol. The highest BCUT2D eigenvalue weighted by Gasteiger charge is 2.46. The second-order valence-electron chi connectivity index (χ2n) is 5.14. The molecule has 1 aliphatic heterocycles. The number of carboxylic acids is 1. The fraction of sp³-hybridized carbons (Fsp3) is 0.833. The molecule has 1 fully saturated rings. The third kappa shape index (κ3) is 4.35. The molecule has 10 heteroatoms. The topological polar surface area (TPSA) is 172 Å².